The number of nitrogens with zero attached hydrogens (tertiary/aromatic N) is 4. The maximum Gasteiger partial charge on any atom is 0.274 e. The normalized spacial score (nSPS) is 20.1. The molecule has 2 aromatic carbocycles. The van der Waals surface area contributed by atoms with Crippen molar-refractivity contribution in [1.82, 2.24) is 25.2 Å². The molecule has 3 heterocycles. The Morgan fingerprint density at radius 1 is 1.17 bits per heavy atom. The zero-order valence-electron chi connectivity index (χ0n) is 20.9. The van der Waals surface area contributed by atoms with Gasteiger partial charge in [-0.3, -0.25) is 4.79 Å². The lowest BCUT2D eigenvalue weighted by Crippen LogP contribution is -2.43. The van der Waals surface area contributed by atoms with E-state index < -0.39 is 0 Å². The minimum Gasteiger partial charge on any atom is -0.491 e. The quantitative estimate of drug-likeness (QED) is 0.609. The standard InChI is InChI=1S/C27H33N5O3/c1-17-10-11-23(18(2)13-17)32-29-19(3)26(30-32)27(33)28-20-14-22-24(34-16-20)8-5-9-25(22)35-21-7-6-12-31(4)15-21/h5,8-11,13,20-21H,6-7,12,14-16H2,1-4H3,(H,28,33)/t20?,21-/m0/s1. The van der Waals surface area contributed by atoms with Crippen LogP contribution >= 0.6 is 0 Å². The van der Waals surface area contributed by atoms with Gasteiger partial charge in [0, 0.05) is 18.5 Å². The zero-order chi connectivity index (χ0) is 24.5. The van der Waals surface area contributed by atoms with Gasteiger partial charge in [-0.2, -0.15) is 9.90 Å². The summed E-state index contributed by atoms with van der Waals surface area (Å²) in [5.74, 6) is 1.43. The molecule has 2 atom stereocenters. The first-order valence-corrected chi connectivity index (χ1v) is 12.3. The molecule has 0 spiro atoms. The number of rotatable bonds is 5. The molecule has 2 aliphatic rings. The molecule has 1 N–H and O–H groups in total. The third-order valence-electron chi connectivity index (χ3n) is 6.76. The Morgan fingerprint density at radius 3 is 2.83 bits per heavy atom. The van der Waals surface area contributed by atoms with E-state index in [-0.39, 0.29) is 18.1 Å². The monoisotopic (exact) mass is 475 g/mol. The molecule has 0 radical (unpaired) electrons. The van der Waals surface area contributed by atoms with E-state index in [0.717, 1.165) is 54.2 Å². The van der Waals surface area contributed by atoms with Crippen LogP contribution in [0, 0.1) is 20.8 Å². The fraction of sp³-hybridized carbons (Fsp3) is 0.444. The molecule has 1 fully saturated rings. The van der Waals surface area contributed by atoms with Gasteiger partial charge in [0.1, 0.15) is 24.2 Å². The zero-order valence-corrected chi connectivity index (χ0v) is 20.9. The maximum absolute atomic E-state index is 13.1. The SMILES string of the molecule is Cc1ccc(-n2nc(C)c(C(=O)NC3COc4cccc(O[C@H]5CCCN(C)C5)c4C3)n2)c(C)c1. The Bertz CT molecular complexity index is 1240. The van der Waals surface area contributed by atoms with Crippen molar-refractivity contribution in [3.63, 3.8) is 0 Å². The summed E-state index contributed by atoms with van der Waals surface area (Å²) in [7, 11) is 2.13. The summed E-state index contributed by atoms with van der Waals surface area (Å²) in [6.45, 7) is 8.30. The van der Waals surface area contributed by atoms with Crippen LogP contribution < -0.4 is 14.8 Å². The predicted molar refractivity (Wildman–Crippen MR) is 134 cm³/mol. The average molecular weight is 476 g/mol. The summed E-state index contributed by atoms with van der Waals surface area (Å²) in [5.41, 5.74) is 5.01. The highest BCUT2D eigenvalue weighted by Gasteiger charge is 2.28. The molecule has 0 aliphatic carbocycles. The number of aryl methyl sites for hydroxylation is 3. The molecule has 0 bridgehead atoms. The number of amides is 1. The summed E-state index contributed by atoms with van der Waals surface area (Å²) in [6.07, 6.45) is 2.99. The van der Waals surface area contributed by atoms with Crippen molar-refractivity contribution >= 4 is 5.91 Å². The molecule has 1 amide bonds. The van der Waals surface area contributed by atoms with Crippen molar-refractivity contribution in [3.05, 3.63) is 64.5 Å². The first kappa shape index (κ1) is 23.4. The van der Waals surface area contributed by atoms with Crippen LogP contribution in [0.2, 0.25) is 0 Å². The number of likely N-dealkylation sites (tertiary alicyclic amines) is 1. The van der Waals surface area contributed by atoms with E-state index in [1.165, 1.54) is 5.56 Å². The molecule has 3 aromatic rings. The summed E-state index contributed by atoms with van der Waals surface area (Å²) in [5, 5.41) is 12.1. The number of benzene rings is 2. The number of carbonyl (C=O) groups excluding carboxylic acids is 1. The molecular formula is C27H33N5O3. The third-order valence-corrected chi connectivity index (χ3v) is 6.76. The molecule has 1 unspecified atom stereocenters. The van der Waals surface area contributed by atoms with Gasteiger partial charge in [0.15, 0.2) is 5.69 Å². The number of carbonyl (C=O) groups is 1. The Balaban J connectivity index is 1.30. The number of nitrogens with one attached hydrogen (secondary N) is 1. The van der Waals surface area contributed by atoms with Gasteiger partial charge in [-0.25, -0.2) is 0 Å². The number of piperidine rings is 1. The largest absolute Gasteiger partial charge is 0.491 e. The molecule has 8 nitrogen and oxygen atoms in total. The highest BCUT2D eigenvalue weighted by Crippen LogP contribution is 2.34. The van der Waals surface area contributed by atoms with Crippen molar-refractivity contribution in [2.24, 2.45) is 0 Å². The van der Waals surface area contributed by atoms with Gasteiger partial charge in [-0.05, 0) is 71.0 Å². The van der Waals surface area contributed by atoms with E-state index in [1.807, 2.05) is 51.1 Å². The Labute approximate surface area is 206 Å². The third kappa shape index (κ3) is 5.03. The summed E-state index contributed by atoms with van der Waals surface area (Å²) in [4.78, 5) is 17.0. The van der Waals surface area contributed by atoms with Gasteiger partial charge in [0.05, 0.1) is 17.4 Å². The van der Waals surface area contributed by atoms with Crippen LogP contribution in [0.4, 0.5) is 0 Å². The Hall–Kier alpha value is -3.39. The number of ether oxygens (including phenoxy) is 2. The minimum atomic E-state index is -0.247. The highest BCUT2D eigenvalue weighted by molar-refractivity contribution is 5.93. The van der Waals surface area contributed by atoms with E-state index >= 15 is 0 Å². The van der Waals surface area contributed by atoms with E-state index in [4.69, 9.17) is 9.47 Å². The van der Waals surface area contributed by atoms with Crippen molar-refractivity contribution in [3.8, 4) is 17.2 Å². The second-order valence-corrected chi connectivity index (χ2v) is 9.78. The maximum atomic E-state index is 13.1. The summed E-state index contributed by atoms with van der Waals surface area (Å²) >= 11 is 0. The van der Waals surface area contributed by atoms with E-state index in [9.17, 15) is 4.79 Å². The molecule has 184 valence electrons. The van der Waals surface area contributed by atoms with Gasteiger partial charge < -0.3 is 19.7 Å². The van der Waals surface area contributed by atoms with Gasteiger partial charge in [0.25, 0.3) is 5.91 Å². The number of hydrogen-bond donors (Lipinski definition) is 1. The molecule has 1 aromatic heterocycles. The number of aromatic nitrogens is 3. The molecular weight excluding hydrogens is 442 g/mol. The fourth-order valence-corrected chi connectivity index (χ4v) is 4.96. The van der Waals surface area contributed by atoms with Crippen molar-refractivity contribution < 1.29 is 14.3 Å². The second kappa shape index (κ2) is 9.70. The van der Waals surface area contributed by atoms with Crippen LogP contribution in [0.1, 0.15) is 45.7 Å². The van der Waals surface area contributed by atoms with Crippen LogP contribution in [-0.4, -0.2) is 64.7 Å². The second-order valence-electron chi connectivity index (χ2n) is 9.78. The molecule has 5 rings (SSSR count). The molecule has 1 saturated heterocycles. The van der Waals surface area contributed by atoms with Crippen LogP contribution in [0.25, 0.3) is 5.69 Å². The van der Waals surface area contributed by atoms with Gasteiger partial charge >= 0.3 is 0 Å². The smallest absolute Gasteiger partial charge is 0.274 e. The van der Waals surface area contributed by atoms with Crippen molar-refractivity contribution in [1.29, 1.82) is 0 Å². The topological polar surface area (TPSA) is 81.5 Å². The lowest BCUT2D eigenvalue weighted by molar-refractivity contribution is 0.0899. The fourth-order valence-electron chi connectivity index (χ4n) is 4.96. The lowest BCUT2D eigenvalue weighted by atomic mass is 10.0. The van der Waals surface area contributed by atoms with Gasteiger partial charge in [0.2, 0.25) is 0 Å². The number of hydrogen-bond acceptors (Lipinski definition) is 6. The first-order valence-electron chi connectivity index (χ1n) is 12.3. The molecule has 0 saturated carbocycles. The van der Waals surface area contributed by atoms with Crippen LogP contribution in [0.15, 0.2) is 36.4 Å². The molecule has 2 aliphatic heterocycles. The van der Waals surface area contributed by atoms with Gasteiger partial charge in [-0.1, -0.05) is 23.8 Å². The van der Waals surface area contributed by atoms with E-state index in [1.54, 1.807) is 4.80 Å². The number of fused-ring (bicyclic) bond motifs is 1. The number of likely N-dealkylation sites (N-methyl/N-ethyl adjacent to an activating group) is 1. The lowest BCUT2D eigenvalue weighted by Gasteiger charge is -2.32. The van der Waals surface area contributed by atoms with Crippen molar-refractivity contribution in [2.75, 3.05) is 26.7 Å². The summed E-state index contributed by atoms with van der Waals surface area (Å²) in [6, 6.07) is 11.8. The van der Waals surface area contributed by atoms with Gasteiger partial charge in [-0.15, -0.1) is 5.10 Å². The molecule has 8 heteroatoms. The summed E-state index contributed by atoms with van der Waals surface area (Å²) < 4.78 is 12.4. The van der Waals surface area contributed by atoms with Crippen LogP contribution in [-0.2, 0) is 6.42 Å². The van der Waals surface area contributed by atoms with E-state index in [2.05, 4.69) is 33.5 Å². The Morgan fingerprint density at radius 2 is 2.03 bits per heavy atom. The highest BCUT2D eigenvalue weighted by atomic mass is 16.5. The van der Waals surface area contributed by atoms with Crippen molar-refractivity contribution in [2.45, 2.75) is 52.2 Å². The van der Waals surface area contributed by atoms with Crippen LogP contribution in [0.3, 0.4) is 0 Å². The van der Waals surface area contributed by atoms with E-state index in [0.29, 0.717) is 24.4 Å². The minimum absolute atomic E-state index is 0.165. The predicted octanol–water partition coefficient (Wildman–Crippen LogP) is 3.40. The first-order chi connectivity index (χ1) is 16.9. The Kier molecular flexibility index (Phi) is 6.47. The van der Waals surface area contributed by atoms with Crippen LogP contribution in [0.5, 0.6) is 11.5 Å². The molecule has 35 heavy (non-hydrogen) atoms. The average Bonchev–Trinajstić information content (AvgIpc) is 3.21.